The van der Waals surface area contributed by atoms with Crippen molar-refractivity contribution in [1.82, 2.24) is 15.1 Å². The summed E-state index contributed by atoms with van der Waals surface area (Å²) in [5, 5.41) is 7.69. The summed E-state index contributed by atoms with van der Waals surface area (Å²) < 4.78 is 2.10. The Labute approximate surface area is 84.9 Å². The maximum Gasteiger partial charge on any atom is 0.126 e. The van der Waals surface area contributed by atoms with Gasteiger partial charge in [-0.25, -0.2) is 4.68 Å². The third-order valence-corrected chi connectivity index (χ3v) is 2.57. The predicted molar refractivity (Wildman–Crippen MR) is 57.6 cm³/mol. The number of aromatic nitrogens is 2. The van der Waals surface area contributed by atoms with E-state index in [-0.39, 0.29) is 0 Å². The Balaban J connectivity index is 2.09. The number of rotatable bonds is 3. The smallest absolute Gasteiger partial charge is 0.126 e. The van der Waals surface area contributed by atoms with Crippen LogP contribution in [0.4, 0.5) is 5.82 Å². The number of aryl methyl sites for hydroxylation is 1. The molecule has 1 aliphatic heterocycles. The summed E-state index contributed by atoms with van der Waals surface area (Å²) in [5.74, 6) is 1.27. The second-order valence-electron chi connectivity index (χ2n) is 3.65. The van der Waals surface area contributed by atoms with Crippen molar-refractivity contribution in [3.8, 4) is 0 Å². The summed E-state index contributed by atoms with van der Waals surface area (Å²) in [6.45, 7) is 7.55. The maximum atomic E-state index is 4.34. The van der Waals surface area contributed by atoms with Crippen LogP contribution in [0.2, 0.25) is 0 Å². The van der Waals surface area contributed by atoms with Gasteiger partial charge in [0.25, 0.3) is 0 Å². The molecule has 1 N–H and O–H groups in total. The monoisotopic (exact) mass is 194 g/mol. The number of nitrogens with one attached hydrogen (secondary N) is 1. The van der Waals surface area contributed by atoms with Crippen LogP contribution in [0, 0.1) is 0 Å². The van der Waals surface area contributed by atoms with Gasteiger partial charge in [-0.3, -0.25) is 0 Å². The van der Waals surface area contributed by atoms with Crippen LogP contribution in [0.5, 0.6) is 0 Å². The van der Waals surface area contributed by atoms with E-state index in [0.29, 0.717) is 0 Å². The van der Waals surface area contributed by atoms with Gasteiger partial charge < -0.3 is 10.2 Å². The summed E-state index contributed by atoms with van der Waals surface area (Å²) in [6.07, 6.45) is 3.04. The van der Waals surface area contributed by atoms with Crippen molar-refractivity contribution in [2.75, 3.05) is 31.1 Å². The van der Waals surface area contributed by atoms with Crippen LogP contribution in [-0.2, 0) is 6.54 Å². The average molecular weight is 194 g/mol. The molecule has 0 spiro atoms. The van der Waals surface area contributed by atoms with Gasteiger partial charge in [0.15, 0.2) is 0 Å². The lowest BCUT2D eigenvalue weighted by Crippen LogP contribution is -2.44. The van der Waals surface area contributed by atoms with Gasteiger partial charge in [-0.05, 0) is 6.42 Å². The summed E-state index contributed by atoms with van der Waals surface area (Å²) in [5.41, 5.74) is 0. The van der Waals surface area contributed by atoms with Gasteiger partial charge in [0.1, 0.15) is 5.82 Å². The van der Waals surface area contributed by atoms with Crippen LogP contribution in [0.1, 0.15) is 13.3 Å². The highest BCUT2D eigenvalue weighted by Crippen LogP contribution is 2.14. The van der Waals surface area contributed by atoms with Crippen LogP contribution < -0.4 is 10.2 Å². The molecular formula is C10H18N4. The minimum atomic E-state index is 1.02. The molecule has 1 saturated heterocycles. The molecule has 2 heterocycles. The molecule has 0 atom stereocenters. The van der Waals surface area contributed by atoms with Gasteiger partial charge in [-0.2, -0.15) is 5.10 Å². The summed E-state index contributed by atoms with van der Waals surface area (Å²) >= 11 is 0. The minimum Gasteiger partial charge on any atom is -0.354 e. The quantitative estimate of drug-likeness (QED) is 0.769. The summed E-state index contributed by atoms with van der Waals surface area (Å²) in [6, 6.07) is 2.11. The zero-order valence-electron chi connectivity index (χ0n) is 8.74. The van der Waals surface area contributed by atoms with E-state index >= 15 is 0 Å². The Bertz CT molecular complexity index is 275. The van der Waals surface area contributed by atoms with Gasteiger partial charge in [-0.15, -0.1) is 0 Å². The number of nitrogens with zero attached hydrogens (tertiary/aromatic N) is 3. The van der Waals surface area contributed by atoms with Crippen LogP contribution >= 0.6 is 0 Å². The lowest BCUT2D eigenvalue weighted by Gasteiger charge is -2.29. The van der Waals surface area contributed by atoms with Gasteiger partial charge in [0.2, 0.25) is 0 Å². The lowest BCUT2D eigenvalue weighted by molar-refractivity contribution is 0.546. The van der Waals surface area contributed by atoms with Crippen LogP contribution in [0.25, 0.3) is 0 Å². The molecule has 1 aliphatic rings. The first-order valence-corrected chi connectivity index (χ1v) is 5.39. The Kier molecular flexibility index (Phi) is 3.03. The first-order valence-electron chi connectivity index (χ1n) is 5.39. The third-order valence-electron chi connectivity index (χ3n) is 2.57. The standard InChI is InChI=1S/C10H18N4/c1-2-7-14-10(3-4-12-14)13-8-5-11-6-9-13/h3-4,11H,2,5-9H2,1H3. The van der Waals surface area contributed by atoms with E-state index in [1.807, 2.05) is 6.20 Å². The predicted octanol–water partition coefficient (Wildman–Crippen LogP) is 0.703. The second-order valence-corrected chi connectivity index (χ2v) is 3.65. The fourth-order valence-corrected chi connectivity index (χ4v) is 1.87. The Morgan fingerprint density at radius 2 is 2.21 bits per heavy atom. The SMILES string of the molecule is CCCn1nccc1N1CCNCC1. The van der Waals surface area contributed by atoms with Crippen LogP contribution in [0.15, 0.2) is 12.3 Å². The molecule has 1 aromatic rings. The molecule has 0 aliphatic carbocycles. The molecular weight excluding hydrogens is 176 g/mol. The van der Waals surface area contributed by atoms with Crippen molar-refractivity contribution in [3.63, 3.8) is 0 Å². The summed E-state index contributed by atoms with van der Waals surface area (Å²) in [7, 11) is 0. The highest BCUT2D eigenvalue weighted by Gasteiger charge is 2.13. The van der Waals surface area contributed by atoms with E-state index in [2.05, 4.69) is 33.0 Å². The van der Waals surface area contributed by atoms with Crippen molar-refractivity contribution >= 4 is 5.82 Å². The molecule has 0 amide bonds. The zero-order valence-corrected chi connectivity index (χ0v) is 8.74. The highest BCUT2D eigenvalue weighted by atomic mass is 15.4. The highest BCUT2D eigenvalue weighted by molar-refractivity contribution is 5.38. The van der Waals surface area contributed by atoms with Gasteiger partial charge in [0.05, 0.1) is 6.20 Å². The number of hydrogen-bond acceptors (Lipinski definition) is 3. The molecule has 1 fully saturated rings. The molecule has 4 heteroatoms. The van der Waals surface area contributed by atoms with Crippen LogP contribution in [-0.4, -0.2) is 36.0 Å². The number of anilines is 1. The van der Waals surface area contributed by atoms with Gasteiger partial charge in [0, 0.05) is 38.8 Å². The molecule has 0 radical (unpaired) electrons. The fraction of sp³-hybridized carbons (Fsp3) is 0.700. The molecule has 0 saturated carbocycles. The molecule has 0 aromatic carbocycles. The third kappa shape index (κ3) is 1.90. The van der Waals surface area contributed by atoms with Gasteiger partial charge in [-0.1, -0.05) is 6.92 Å². The lowest BCUT2D eigenvalue weighted by atomic mass is 10.3. The number of piperazine rings is 1. The minimum absolute atomic E-state index is 1.02. The normalized spacial score (nSPS) is 17.4. The molecule has 14 heavy (non-hydrogen) atoms. The molecule has 4 nitrogen and oxygen atoms in total. The average Bonchev–Trinajstić information content (AvgIpc) is 2.68. The number of hydrogen-bond donors (Lipinski definition) is 1. The van der Waals surface area contributed by atoms with Crippen molar-refractivity contribution in [2.24, 2.45) is 0 Å². The first-order chi connectivity index (χ1) is 6.92. The molecule has 0 unspecified atom stereocenters. The van der Waals surface area contributed by atoms with E-state index in [1.165, 1.54) is 5.82 Å². The van der Waals surface area contributed by atoms with E-state index in [1.54, 1.807) is 0 Å². The zero-order chi connectivity index (χ0) is 9.80. The van der Waals surface area contributed by atoms with Crippen LogP contribution in [0.3, 0.4) is 0 Å². The van der Waals surface area contributed by atoms with Crippen molar-refractivity contribution in [1.29, 1.82) is 0 Å². The Morgan fingerprint density at radius 1 is 1.43 bits per heavy atom. The topological polar surface area (TPSA) is 33.1 Å². The van der Waals surface area contributed by atoms with Gasteiger partial charge >= 0.3 is 0 Å². The van der Waals surface area contributed by atoms with Crippen molar-refractivity contribution in [3.05, 3.63) is 12.3 Å². The first kappa shape index (κ1) is 9.52. The second kappa shape index (κ2) is 4.46. The molecule has 1 aromatic heterocycles. The van der Waals surface area contributed by atoms with Crippen molar-refractivity contribution < 1.29 is 0 Å². The van der Waals surface area contributed by atoms with Crippen molar-refractivity contribution in [2.45, 2.75) is 19.9 Å². The summed E-state index contributed by atoms with van der Waals surface area (Å²) in [4.78, 5) is 2.40. The molecule has 78 valence electrons. The Hall–Kier alpha value is -1.03. The Morgan fingerprint density at radius 3 is 2.93 bits per heavy atom. The van der Waals surface area contributed by atoms with E-state index in [9.17, 15) is 0 Å². The van der Waals surface area contributed by atoms with E-state index < -0.39 is 0 Å². The fourth-order valence-electron chi connectivity index (χ4n) is 1.87. The largest absolute Gasteiger partial charge is 0.354 e. The molecule has 2 rings (SSSR count). The molecule has 0 bridgehead atoms. The van der Waals surface area contributed by atoms with E-state index in [0.717, 1.165) is 39.1 Å². The van der Waals surface area contributed by atoms with E-state index in [4.69, 9.17) is 0 Å². The maximum absolute atomic E-state index is 4.34.